The molecule has 104 valence electrons. The summed E-state index contributed by atoms with van der Waals surface area (Å²) in [4.78, 5) is 22.5. The number of carbonyl (C=O) groups is 2. The molecule has 0 aromatic rings. The fourth-order valence-corrected chi connectivity index (χ4v) is 3.82. The standard InChI is InChI=1S/C11H22N2O4Si/c1-6-18(7-2,8-3)17-11(15)13-12-10(14)16-9(4)5/h9H,6-8H2,1-5H3/b13-12+. The van der Waals surface area contributed by atoms with E-state index in [0.717, 1.165) is 18.1 Å². The third kappa shape index (κ3) is 5.90. The van der Waals surface area contributed by atoms with Crippen LogP contribution in [-0.4, -0.2) is 26.6 Å². The Bertz CT molecular complexity index is 306. The van der Waals surface area contributed by atoms with Gasteiger partial charge in [-0.05, 0) is 32.0 Å². The molecule has 0 aromatic heterocycles. The largest absolute Gasteiger partial charge is 0.501 e. The lowest BCUT2D eigenvalue weighted by Crippen LogP contribution is -2.37. The molecule has 0 aliphatic carbocycles. The molecule has 7 heteroatoms. The van der Waals surface area contributed by atoms with Crippen molar-refractivity contribution >= 4 is 20.5 Å². The molecule has 0 radical (unpaired) electrons. The van der Waals surface area contributed by atoms with E-state index in [0.29, 0.717) is 0 Å². The zero-order valence-electron chi connectivity index (χ0n) is 11.7. The molecule has 0 aliphatic rings. The van der Waals surface area contributed by atoms with Gasteiger partial charge >= 0.3 is 12.2 Å². The van der Waals surface area contributed by atoms with Crippen LogP contribution in [0.15, 0.2) is 10.2 Å². The minimum absolute atomic E-state index is 0.289. The molecule has 2 amide bonds. The number of amides is 2. The maximum Gasteiger partial charge on any atom is 0.452 e. The lowest BCUT2D eigenvalue weighted by atomic mass is 10.5. The summed E-state index contributed by atoms with van der Waals surface area (Å²) in [5, 5.41) is 6.39. The number of hydrogen-bond acceptors (Lipinski definition) is 4. The highest BCUT2D eigenvalue weighted by Crippen LogP contribution is 2.22. The van der Waals surface area contributed by atoms with Crippen LogP contribution < -0.4 is 0 Å². The lowest BCUT2D eigenvalue weighted by Gasteiger charge is -2.25. The first kappa shape index (κ1) is 16.8. The third-order valence-corrected chi connectivity index (χ3v) is 7.26. The van der Waals surface area contributed by atoms with Crippen molar-refractivity contribution in [3.05, 3.63) is 0 Å². The fourth-order valence-electron chi connectivity index (χ4n) is 1.48. The number of azo groups is 1. The van der Waals surface area contributed by atoms with Crippen molar-refractivity contribution in [1.29, 1.82) is 0 Å². The molecule has 0 fully saturated rings. The van der Waals surface area contributed by atoms with Gasteiger partial charge in [0.2, 0.25) is 0 Å². The number of nitrogens with zero attached hydrogens (tertiary/aromatic N) is 2. The molecule has 0 atom stereocenters. The van der Waals surface area contributed by atoms with Crippen LogP contribution in [0, 0.1) is 0 Å². The Kier molecular flexibility index (Phi) is 7.41. The van der Waals surface area contributed by atoms with Gasteiger partial charge in [0.15, 0.2) is 0 Å². The molecule has 6 nitrogen and oxygen atoms in total. The lowest BCUT2D eigenvalue weighted by molar-refractivity contribution is 0.123. The monoisotopic (exact) mass is 274 g/mol. The van der Waals surface area contributed by atoms with Gasteiger partial charge in [0.1, 0.15) is 0 Å². The second-order valence-electron chi connectivity index (χ2n) is 4.24. The molecule has 0 unspecified atom stereocenters. The van der Waals surface area contributed by atoms with Gasteiger partial charge in [-0.2, -0.15) is 0 Å². The molecule has 0 spiro atoms. The van der Waals surface area contributed by atoms with E-state index in [1.54, 1.807) is 13.8 Å². The van der Waals surface area contributed by atoms with Crippen LogP contribution in [0.2, 0.25) is 18.1 Å². The van der Waals surface area contributed by atoms with E-state index in [-0.39, 0.29) is 6.10 Å². The molecule has 0 N–H and O–H groups in total. The van der Waals surface area contributed by atoms with Crippen LogP contribution in [0.3, 0.4) is 0 Å². The first-order valence-electron chi connectivity index (χ1n) is 6.24. The number of hydrogen-bond donors (Lipinski definition) is 0. The van der Waals surface area contributed by atoms with Crippen LogP contribution >= 0.6 is 0 Å². The zero-order chi connectivity index (χ0) is 14.2. The number of rotatable bonds is 5. The predicted octanol–water partition coefficient (Wildman–Crippen LogP) is 4.13. The maximum atomic E-state index is 11.5. The molecule has 0 saturated carbocycles. The highest BCUT2D eigenvalue weighted by molar-refractivity contribution is 6.74. The Labute approximate surface area is 109 Å². The van der Waals surface area contributed by atoms with Gasteiger partial charge in [0, 0.05) is 0 Å². The summed E-state index contributed by atoms with van der Waals surface area (Å²) in [7, 11) is -2.04. The van der Waals surface area contributed by atoms with Gasteiger partial charge in [-0.1, -0.05) is 31.0 Å². The summed E-state index contributed by atoms with van der Waals surface area (Å²) < 4.78 is 10.1. The van der Waals surface area contributed by atoms with E-state index in [4.69, 9.17) is 9.16 Å². The molecule has 18 heavy (non-hydrogen) atoms. The molecule has 0 aromatic carbocycles. The molecule has 0 heterocycles. The van der Waals surface area contributed by atoms with Gasteiger partial charge in [-0.25, -0.2) is 9.59 Å². The van der Waals surface area contributed by atoms with E-state index in [9.17, 15) is 9.59 Å². The second kappa shape index (κ2) is 7.96. The van der Waals surface area contributed by atoms with Crippen molar-refractivity contribution in [1.82, 2.24) is 0 Å². The van der Waals surface area contributed by atoms with Crippen LogP contribution in [0.4, 0.5) is 9.59 Å². The van der Waals surface area contributed by atoms with Crippen molar-refractivity contribution in [2.45, 2.75) is 58.9 Å². The maximum absolute atomic E-state index is 11.5. The number of ether oxygens (including phenoxy) is 1. The third-order valence-electron chi connectivity index (χ3n) is 2.79. The normalized spacial score (nSPS) is 11.9. The Morgan fingerprint density at radius 2 is 1.44 bits per heavy atom. The van der Waals surface area contributed by atoms with Crippen molar-refractivity contribution in [3.63, 3.8) is 0 Å². The Balaban J connectivity index is 4.41. The Hall–Kier alpha value is -1.24. The second-order valence-corrected chi connectivity index (χ2v) is 8.94. The summed E-state index contributed by atoms with van der Waals surface area (Å²) in [6.07, 6.45) is -1.96. The topological polar surface area (TPSA) is 77.3 Å². The smallest absolute Gasteiger partial charge is 0.452 e. The van der Waals surface area contributed by atoms with Crippen LogP contribution in [0.1, 0.15) is 34.6 Å². The zero-order valence-corrected chi connectivity index (χ0v) is 12.7. The van der Waals surface area contributed by atoms with Crippen molar-refractivity contribution < 1.29 is 18.8 Å². The molecule has 0 aliphatic heterocycles. The van der Waals surface area contributed by atoms with E-state index >= 15 is 0 Å². The minimum atomic E-state index is -2.04. The molecular weight excluding hydrogens is 252 g/mol. The van der Waals surface area contributed by atoms with Gasteiger partial charge in [-0.15, -0.1) is 0 Å². The quantitative estimate of drug-likeness (QED) is 0.558. The first-order valence-corrected chi connectivity index (χ1v) is 8.77. The van der Waals surface area contributed by atoms with Crippen LogP contribution in [-0.2, 0) is 9.16 Å². The minimum Gasteiger partial charge on any atom is -0.501 e. The van der Waals surface area contributed by atoms with Gasteiger partial charge in [-0.3, -0.25) is 0 Å². The molecule has 0 rings (SSSR count). The Morgan fingerprint density at radius 3 is 1.83 bits per heavy atom. The van der Waals surface area contributed by atoms with Crippen molar-refractivity contribution in [2.75, 3.05) is 0 Å². The van der Waals surface area contributed by atoms with Gasteiger partial charge < -0.3 is 9.16 Å². The van der Waals surface area contributed by atoms with Crippen LogP contribution in [0.5, 0.6) is 0 Å². The fraction of sp³-hybridized carbons (Fsp3) is 0.818. The van der Waals surface area contributed by atoms with Gasteiger partial charge in [0.05, 0.1) is 6.10 Å². The molecule has 0 saturated heterocycles. The van der Waals surface area contributed by atoms with Crippen LogP contribution in [0.25, 0.3) is 0 Å². The highest BCUT2D eigenvalue weighted by Gasteiger charge is 2.32. The first-order chi connectivity index (χ1) is 8.39. The molecule has 0 bridgehead atoms. The SMILES string of the molecule is CC[Si](CC)(CC)OC(=O)/N=N/C(=O)OC(C)C. The van der Waals surface area contributed by atoms with Crippen molar-refractivity contribution in [2.24, 2.45) is 10.2 Å². The predicted molar refractivity (Wildman–Crippen MR) is 70.2 cm³/mol. The summed E-state index contributed by atoms with van der Waals surface area (Å²) in [5.41, 5.74) is 0. The number of carbonyl (C=O) groups excluding carboxylic acids is 2. The molecular formula is C11H22N2O4Si. The Morgan fingerprint density at radius 1 is 1.00 bits per heavy atom. The highest BCUT2D eigenvalue weighted by atomic mass is 28.4. The van der Waals surface area contributed by atoms with E-state index in [1.807, 2.05) is 20.8 Å². The van der Waals surface area contributed by atoms with Crippen molar-refractivity contribution in [3.8, 4) is 0 Å². The summed E-state index contributed by atoms with van der Waals surface area (Å²) >= 11 is 0. The summed E-state index contributed by atoms with van der Waals surface area (Å²) in [5.74, 6) is 0. The average molecular weight is 274 g/mol. The average Bonchev–Trinajstić information content (AvgIpc) is 2.33. The van der Waals surface area contributed by atoms with Gasteiger partial charge in [0.25, 0.3) is 8.32 Å². The van der Waals surface area contributed by atoms with E-state index in [1.165, 1.54) is 0 Å². The summed E-state index contributed by atoms with van der Waals surface area (Å²) in [6.45, 7) is 9.37. The van der Waals surface area contributed by atoms with E-state index in [2.05, 4.69) is 10.2 Å². The van der Waals surface area contributed by atoms with E-state index < -0.39 is 20.5 Å². The summed E-state index contributed by atoms with van der Waals surface area (Å²) in [6, 6.07) is 2.49.